The van der Waals surface area contributed by atoms with Gasteiger partial charge in [0.05, 0.1) is 23.6 Å². The van der Waals surface area contributed by atoms with Crippen LogP contribution in [0.3, 0.4) is 0 Å². The normalized spacial score (nSPS) is 11.9. The number of hydrogen-bond acceptors (Lipinski definition) is 7. The molecule has 0 saturated heterocycles. The van der Waals surface area contributed by atoms with E-state index in [4.69, 9.17) is 21.1 Å². The Hall–Kier alpha value is -2.81. The molecule has 1 atom stereocenters. The Morgan fingerprint density at radius 3 is 2.54 bits per heavy atom. The van der Waals surface area contributed by atoms with Crippen LogP contribution >= 0.6 is 11.6 Å². The van der Waals surface area contributed by atoms with Crippen LogP contribution in [0, 0.1) is 10.1 Å². The van der Waals surface area contributed by atoms with E-state index < -0.39 is 34.3 Å². The molecule has 0 heterocycles. The molecule has 10 heteroatoms. The average molecular weight is 415 g/mol. The summed E-state index contributed by atoms with van der Waals surface area (Å²) in [6.07, 6.45) is 1.26. The van der Waals surface area contributed by atoms with Gasteiger partial charge in [-0.05, 0) is 33.3 Å². The number of rotatable bonds is 8. The lowest BCUT2D eigenvalue weighted by molar-refractivity contribution is -0.384. The van der Waals surface area contributed by atoms with Crippen LogP contribution in [-0.2, 0) is 9.47 Å². The molecule has 0 radical (unpaired) electrons. The molecule has 0 bridgehead atoms. The number of hydrogen-bond donors (Lipinski definition) is 1. The van der Waals surface area contributed by atoms with E-state index in [1.54, 1.807) is 26.8 Å². The number of nitro groups is 1. The second-order valence-corrected chi connectivity index (χ2v) is 7.11. The topological polar surface area (TPSA) is 117 Å². The number of esters is 1. The molecule has 0 aromatic heterocycles. The first-order chi connectivity index (χ1) is 13.0. The maximum Gasteiger partial charge on any atom is 0.408 e. The lowest BCUT2D eigenvalue weighted by Gasteiger charge is -2.23. The van der Waals surface area contributed by atoms with E-state index in [1.165, 1.54) is 6.07 Å². The van der Waals surface area contributed by atoms with Crippen molar-refractivity contribution < 1.29 is 28.7 Å². The van der Waals surface area contributed by atoms with Crippen LogP contribution in [0.15, 0.2) is 24.8 Å². The molecule has 154 valence electrons. The van der Waals surface area contributed by atoms with Gasteiger partial charge >= 0.3 is 12.1 Å². The molecule has 0 fully saturated rings. The number of carbonyl (C=O) groups is 2. The third kappa shape index (κ3) is 7.07. The fourth-order valence-electron chi connectivity index (χ4n) is 2.09. The van der Waals surface area contributed by atoms with Gasteiger partial charge in [0.1, 0.15) is 18.0 Å². The van der Waals surface area contributed by atoms with Crippen LogP contribution in [0.1, 0.15) is 37.6 Å². The quantitative estimate of drug-likeness (QED) is 0.297. The van der Waals surface area contributed by atoms with Gasteiger partial charge in [-0.1, -0.05) is 17.7 Å². The number of ether oxygens (including phenoxy) is 3. The van der Waals surface area contributed by atoms with Gasteiger partial charge in [0.25, 0.3) is 5.69 Å². The van der Waals surface area contributed by atoms with Crippen molar-refractivity contribution in [1.29, 1.82) is 0 Å². The Morgan fingerprint density at radius 1 is 1.39 bits per heavy atom. The van der Waals surface area contributed by atoms with E-state index in [9.17, 15) is 19.7 Å². The van der Waals surface area contributed by atoms with Crippen LogP contribution in [0.4, 0.5) is 10.5 Å². The number of nitro benzene ring substituents is 1. The van der Waals surface area contributed by atoms with Crippen molar-refractivity contribution in [2.24, 2.45) is 0 Å². The number of nitrogens with zero attached hydrogens (tertiary/aromatic N) is 1. The second-order valence-electron chi connectivity index (χ2n) is 6.73. The first-order valence-electron chi connectivity index (χ1n) is 8.28. The summed E-state index contributed by atoms with van der Waals surface area (Å²) in [4.78, 5) is 34.1. The molecule has 0 spiro atoms. The zero-order valence-corrected chi connectivity index (χ0v) is 16.9. The Bertz CT molecular complexity index is 759. The Morgan fingerprint density at radius 2 is 2.04 bits per heavy atom. The van der Waals surface area contributed by atoms with Gasteiger partial charge in [-0.2, -0.15) is 0 Å². The number of alkyl carbamates (subject to hydrolysis) is 1. The highest BCUT2D eigenvalue weighted by Crippen LogP contribution is 2.35. The van der Waals surface area contributed by atoms with Gasteiger partial charge in [-0.3, -0.25) is 10.1 Å². The van der Waals surface area contributed by atoms with Crippen LogP contribution in [0.2, 0.25) is 5.02 Å². The van der Waals surface area contributed by atoms with Gasteiger partial charge in [-0.25, -0.2) is 9.59 Å². The maximum atomic E-state index is 11.9. The highest BCUT2D eigenvalue weighted by molar-refractivity contribution is 6.34. The van der Waals surface area contributed by atoms with Gasteiger partial charge in [0.2, 0.25) is 0 Å². The third-order valence-electron chi connectivity index (χ3n) is 3.25. The van der Waals surface area contributed by atoms with E-state index in [0.29, 0.717) is 6.42 Å². The zero-order chi connectivity index (χ0) is 21.5. The number of carbonyl (C=O) groups excluding carboxylic acids is 2. The van der Waals surface area contributed by atoms with Crippen molar-refractivity contribution in [3.8, 4) is 5.75 Å². The minimum Gasteiger partial charge on any atom is -0.490 e. The van der Waals surface area contributed by atoms with Crippen LogP contribution < -0.4 is 10.1 Å². The number of methoxy groups -OCH3 is 1. The highest BCUT2D eigenvalue weighted by atomic mass is 35.5. The Kier molecular flexibility index (Phi) is 8.24. The molecule has 28 heavy (non-hydrogen) atoms. The van der Waals surface area contributed by atoms with Gasteiger partial charge in [0.15, 0.2) is 5.02 Å². The molecule has 1 amide bonds. The molecule has 1 aromatic carbocycles. The van der Waals surface area contributed by atoms with E-state index in [1.807, 2.05) is 0 Å². The molecule has 1 rings (SSSR count). The fraction of sp³-hybridized carbons (Fsp3) is 0.444. The standard InChI is InChI=1S/C18H23ClN2O7/c1-6-7-12(20-17(23)28-18(2,3)4)10-27-14-9-11(16(22)26-5)8-13(15(14)19)21(24)25/h6,8-9,12H,1,7,10H2,2-5H3,(H,20,23). The summed E-state index contributed by atoms with van der Waals surface area (Å²) in [5.74, 6) is -0.865. The van der Waals surface area contributed by atoms with Crippen molar-refractivity contribution in [1.82, 2.24) is 5.32 Å². The molecule has 0 aliphatic rings. The highest BCUT2D eigenvalue weighted by Gasteiger charge is 2.24. The maximum absolute atomic E-state index is 11.9. The average Bonchev–Trinajstić information content (AvgIpc) is 2.58. The van der Waals surface area contributed by atoms with Crippen molar-refractivity contribution >= 4 is 29.4 Å². The van der Waals surface area contributed by atoms with Crippen molar-refractivity contribution in [3.63, 3.8) is 0 Å². The predicted molar refractivity (Wildman–Crippen MR) is 103 cm³/mol. The summed E-state index contributed by atoms with van der Waals surface area (Å²) in [6, 6.07) is 1.70. The fourth-order valence-corrected chi connectivity index (χ4v) is 2.32. The van der Waals surface area contributed by atoms with Gasteiger partial charge in [0, 0.05) is 6.07 Å². The summed E-state index contributed by atoms with van der Waals surface area (Å²) in [5, 5.41) is 13.5. The second kappa shape index (κ2) is 9.93. The summed E-state index contributed by atoms with van der Waals surface area (Å²) in [6.45, 7) is 8.70. The largest absolute Gasteiger partial charge is 0.490 e. The molecule has 1 aromatic rings. The molecule has 0 aliphatic carbocycles. The lowest BCUT2D eigenvalue weighted by Crippen LogP contribution is -2.41. The third-order valence-corrected chi connectivity index (χ3v) is 3.63. The number of halogens is 1. The molecule has 1 unspecified atom stereocenters. The first kappa shape index (κ1) is 23.2. The number of amides is 1. The van der Waals surface area contributed by atoms with E-state index >= 15 is 0 Å². The van der Waals surface area contributed by atoms with Crippen LogP contribution in [0.25, 0.3) is 0 Å². The molecule has 0 saturated carbocycles. The molecular formula is C18H23ClN2O7. The SMILES string of the molecule is C=CCC(COc1cc(C(=O)OC)cc([N+](=O)[O-])c1Cl)NC(=O)OC(C)(C)C. The smallest absolute Gasteiger partial charge is 0.408 e. The minimum absolute atomic E-state index is 0.0867. The summed E-state index contributed by atoms with van der Waals surface area (Å²) in [5.41, 5.74) is -1.27. The van der Waals surface area contributed by atoms with E-state index in [2.05, 4.69) is 16.6 Å². The van der Waals surface area contributed by atoms with E-state index in [0.717, 1.165) is 13.2 Å². The molecule has 1 N–H and O–H groups in total. The summed E-state index contributed by atoms with van der Waals surface area (Å²) >= 11 is 6.03. The van der Waals surface area contributed by atoms with Gasteiger partial charge < -0.3 is 19.5 Å². The van der Waals surface area contributed by atoms with Gasteiger partial charge in [-0.15, -0.1) is 6.58 Å². The Labute approximate surface area is 167 Å². The van der Waals surface area contributed by atoms with Crippen LogP contribution in [-0.4, -0.2) is 42.3 Å². The molecule has 9 nitrogen and oxygen atoms in total. The van der Waals surface area contributed by atoms with Crippen molar-refractivity contribution in [2.75, 3.05) is 13.7 Å². The number of benzene rings is 1. The summed E-state index contributed by atoms with van der Waals surface area (Å²) < 4.78 is 15.3. The van der Waals surface area contributed by atoms with Crippen molar-refractivity contribution in [3.05, 3.63) is 45.5 Å². The summed E-state index contributed by atoms with van der Waals surface area (Å²) in [7, 11) is 1.15. The molecule has 0 aliphatic heterocycles. The number of nitrogens with one attached hydrogen (secondary N) is 1. The Balaban J connectivity index is 3.01. The van der Waals surface area contributed by atoms with E-state index in [-0.39, 0.29) is 22.9 Å². The van der Waals surface area contributed by atoms with Crippen molar-refractivity contribution in [2.45, 2.75) is 38.8 Å². The monoisotopic (exact) mass is 414 g/mol. The first-order valence-corrected chi connectivity index (χ1v) is 8.65. The zero-order valence-electron chi connectivity index (χ0n) is 16.1. The predicted octanol–water partition coefficient (Wildman–Crippen LogP) is 3.88. The lowest BCUT2D eigenvalue weighted by atomic mass is 10.2. The molecular weight excluding hydrogens is 392 g/mol. The minimum atomic E-state index is -0.779. The van der Waals surface area contributed by atoms with Crippen LogP contribution in [0.5, 0.6) is 5.75 Å².